The zero-order chi connectivity index (χ0) is 21.9. The Bertz CT molecular complexity index is 1230. The van der Waals surface area contributed by atoms with Crippen LogP contribution in [0, 0.1) is 0 Å². The van der Waals surface area contributed by atoms with E-state index < -0.39 is 0 Å². The number of thiazole rings is 1. The second-order valence-corrected chi connectivity index (χ2v) is 8.23. The molecule has 0 aromatic carbocycles. The summed E-state index contributed by atoms with van der Waals surface area (Å²) in [5, 5.41) is 0.498. The topological polar surface area (TPSA) is 111 Å². The first-order chi connectivity index (χ1) is 15.7. The molecule has 0 unspecified atom stereocenters. The Labute approximate surface area is 186 Å². The number of carbonyl (C=O) groups is 2. The summed E-state index contributed by atoms with van der Waals surface area (Å²) in [4.78, 5) is 39.1. The Hall–Kier alpha value is -3.57. The van der Waals surface area contributed by atoms with E-state index in [0.717, 1.165) is 16.0 Å². The molecule has 0 radical (unpaired) electrons. The predicted molar refractivity (Wildman–Crippen MR) is 115 cm³/mol. The number of furan rings is 1. The Balaban J connectivity index is 1.22. The van der Waals surface area contributed by atoms with Crippen LogP contribution in [-0.4, -0.2) is 69.9 Å². The van der Waals surface area contributed by atoms with Gasteiger partial charge in [-0.1, -0.05) is 11.3 Å². The molecule has 164 valence electrons. The summed E-state index contributed by atoms with van der Waals surface area (Å²) in [6.45, 7) is 3.26. The number of fused-ring (bicyclic) bond motifs is 2. The van der Waals surface area contributed by atoms with E-state index in [4.69, 9.17) is 9.15 Å². The number of rotatable bonds is 7. The monoisotopic (exact) mass is 453 g/mol. The fourth-order valence-corrected chi connectivity index (χ4v) is 4.34. The highest BCUT2D eigenvalue weighted by Gasteiger charge is 2.22. The molecular weight excluding hydrogens is 434 g/mol. The molecule has 0 aliphatic carbocycles. The number of amides is 1. The van der Waals surface area contributed by atoms with E-state index in [-0.39, 0.29) is 19.0 Å². The van der Waals surface area contributed by atoms with Crippen molar-refractivity contribution in [2.75, 3.05) is 32.8 Å². The van der Waals surface area contributed by atoms with E-state index in [9.17, 15) is 9.59 Å². The van der Waals surface area contributed by atoms with Crippen molar-refractivity contribution in [1.29, 1.82) is 0 Å². The molecule has 0 saturated carbocycles. The van der Waals surface area contributed by atoms with Crippen molar-refractivity contribution in [2.45, 2.75) is 6.54 Å². The van der Waals surface area contributed by atoms with Crippen molar-refractivity contribution >= 4 is 45.2 Å². The standard InChI is InChI=1S/C21H19N5O5S/c27-13-29-12-19(28)26-6-4-25(5-7-26)11-15-8-16-17(30-15)9-14(10-23-16)31-21-24-20-18(32-21)2-1-3-22-20/h1-3,8-10,13H,4-7,11-12H2. The van der Waals surface area contributed by atoms with Gasteiger partial charge in [-0.3, -0.25) is 14.5 Å². The molecule has 32 heavy (non-hydrogen) atoms. The minimum Gasteiger partial charge on any atom is -0.458 e. The summed E-state index contributed by atoms with van der Waals surface area (Å²) < 4.78 is 17.3. The lowest BCUT2D eigenvalue weighted by molar-refractivity contribution is -0.144. The van der Waals surface area contributed by atoms with E-state index in [0.29, 0.717) is 54.9 Å². The van der Waals surface area contributed by atoms with Gasteiger partial charge in [0.15, 0.2) is 23.6 Å². The highest BCUT2D eigenvalue weighted by Crippen LogP contribution is 2.31. The Morgan fingerprint density at radius 1 is 1.22 bits per heavy atom. The van der Waals surface area contributed by atoms with Gasteiger partial charge >= 0.3 is 0 Å². The minimum absolute atomic E-state index is 0.180. The lowest BCUT2D eigenvalue weighted by Crippen LogP contribution is -2.49. The lowest BCUT2D eigenvalue weighted by Gasteiger charge is -2.34. The van der Waals surface area contributed by atoms with Crippen molar-refractivity contribution in [2.24, 2.45) is 0 Å². The first-order valence-corrected chi connectivity index (χ1v) is 10.8. The van der Waals surface area contributed by atoms with Crippen molar-refractivity contribution < 1.29 is 23.5 Å². The number of pyridine rings is 2. The zero-order valence-corrected chi connectivity index (χ0v) is 17.8. The molecule has 0 N–H and O–H groups in total. The third-order valence-corrected chi connectivity index (χ3v) is 6.01. The Morgan fingerprint density at radius 2 is 2.09 bits per heavy atom. The molecule has 0 spiro atoms. The van der Waals surface area contributed by atoms with Gasteiger partial charge in [-0.25, -0.2) is 9.97 Å². The Kier molecular flexibility index (Phi) is 5.65. The largest absolute Gasteiger partial charge is 0.458 e. The third kappa shape index (κ3) is 4.39. The molecule has 4 aromatic rings. The summed E-state index contributed by atoms with van der Waals surface area (Å²) >= 11 is 1.42. The van der Waals surface area contributed by atoms with E-state index in [1.165, 1.54) is 11.3 Å². The number of carbonyl (C=O) groups excluding carboxylic acids is 2. The summed E-state index contributed by atoms with van der Waals surface area (Å²) in [7, 11) is 0. The van der Waals surface area contributed by atoms with Gasteiger partial charge in [0.05, 0.1) is 17.4 Å². The maximum atomic E-state index is 11.9. The van der Waals surface area contributed by atoms with Gasteiger partial charge < -0.3 is 18.8 Å². The lowest BCUT2D eigenvalue weighted by atomic mass is 10.3. The van der Waals surface area contributed by atoms with Gasteiger partial charge in [-0.15, -0.1) is 0 Å². The molecule has 10 nitrogen and oxygen atoms in total. The van der Waals surface area contributed by atoms with Crippen LogP contribution in [0.5, 0.6) is 10.9 Å². The van der Waals surface area contributed by atoms with Crippen LogP contribution in [0.2, 0.25) is 0 Å². The molecule has 0 atom stereocenters. The van der Waals surface area contributed by atoms with Crippen LogP contribution in [0.4, 0.5) is 0 Å². The third-order valence-electron chi connectivity index (χ3n) is 5.13. The van der Waals surface area contributed by atoms with E-state index >= 15 is 0 Å². The highest BCUT2D eigenvalue weighted by molar-refractivity contribution is 7.20. The van der Waals surface area contributed by atoms with Crippen molar-refractivity contribution in [3.8, 4) is 10.9 Å². The minimum atomic E-state index is -0.212. The molecule has 4 aromatic heterocycles. The van der Waals surface area contributed by atoms with E-state index in [2.05, 4.69) is 24.6 Å². The van der Waals surface area contributed by atoms with Crippen LogP contribution in [0.3, 0.4) is 0 Å². The predicted octanol–water partition coefficient (Wildman–Crippen LogP) is 2.44. The molecule has 11 heteroatoms. The van der Waals surface area contributed by atoms with E-state index in [1.807, 2.05) is 18.2 Å². The SMILES string of the molecule is O=COCC(=O)N1CCN(Cc2cc3ncc(Oc4nc5ncccc5s4)cc3o2)CC1. The molecule has 1 saturated heterocycles. The van der Waals surface area contributed by atoms with Crippen LogP contribution in [-0.2, 0) is 20.9 Å². The van der Waals surface area contributed by atoms with Gasteiger partial charge in [-0.05, 0) is 12.1 Å². The second-order valence-electron chi connectivity index (χ2n) is 7.24. The summed E-state index contributed by atoms with van der Waals surface area (Å²) in [5.74, 6) is 1.15. The van der Waals surface area contributed by atoms with Crippen LogP contribution >= 0.6 is 11.3 Å². The van der Waals surface area contributed by atoms with Crippen LogP contribution in [0.15, 0.2) is 41.1 Å². The second kappa shape index (κ2) is 8.89. The fourth-order valence-electron chi connectivity index (χ4n) is 3.55. The number of ether oxygens (including phenoxy) is 2. The molecule has 1 aliphatic heterocycles. The first kappa shape index (κ1) is 20.3. The van der Waals surface area contributed by atoms with Crippen LogP contribution < -0.4 is 4.74 Å². The molecule has 0 bridgehead atoms. The van der Waals surface area contributed by atoms with Gasteiger partial charge in [0, 0.05) is 44.5 Å². The summed E-state index contributed by atoms with van der Waals surface area (Å²) in [6, 6.07) is 7.52. The normalized spacial score (nSPS) is 14.7. The number of nitrogens with zero attached hydrogens (tertiary/aromatic N) is 5. The smallest absolute Gasteiger partial charge is 0.293 e. The van der Waals surface area contributed by atoms with Crippen molar-refractivity contribution in [3.63, 3.8) is 0 Å². The average Bonchev–Trinajstić information content (AvgIpc) is 3.40. The molecular formula is C21H19N5O5S. The number of piperazine rings is 1. The molecule has 1 fully saturated rings. The highest BCUT2D eigenvalue weighted by atomic mass is 32.1. The van der Waals surface area contributed by atoms with Gasteiger partial charge in [0.2, 0.25) is 0 Å². The van der Waals surface area contributed by atoms with Gasteiger partial charge in [0.1, 0.15) is 11.3 Å². The molecule has 1 aliphatic rings. The van der Waals surface area contributed by atoms with Gasteiger partial charge in [-0.2, -0.15) is 4.98 Å². The van der Waals surface area contributed by atoms with Gasteiger partial charge in [0.25, 0.3) is 17.6 Å². The summed E-state index contributed by atoms with van der Waals surface area (Å²) in [5.41, 5.74) is 2.04. The maximum absolute atomic E-state index is 11.9. The van der Waals surface area contributed by atoms with Crippen molar-refractivity contribution in [3.05, 3.63) is 42.4 Å². The number of hydrogen-bond donors (Lipinski definition) is 0. The molecule has 1 amide bonds. The number of hydrogen-bond acceptors (Lipinski definition) is 10. The van der Waals surface area contributed by atoms with Crippen LogP contribution in [0.1, 0.15) is 5.76 Å². The zero-order valence-electron chi connectivity index (χ0n) is 17.0. The fraction of sp³-hybridized carbons (Fsp3) is 0.286. The maximum Gasteiger partial charge on any atom is 0.293 e. The summed E-state index contributed by atoms with van der Waals surface area (Å²) in [6.07, 6.45) is 3.34. The average molecular weight is 453 g/mol. The molecule has 5 rings (SSSR count). The van der Waals surface area contributed by atoms with Crippen LogP contribution in [0.25, 0.3) is 21.4 Å². The number of aromatic nitrogens is 3. The van der Waals surface area contributed by atoms with E-state index in [1.54, 1.807) is 23.4 Å². The first-order valence-electron chi connectivity index (χ1n) is 10.0. The molecule has 5 heterocycles. The Morgan fingerprint density at radius 3 is 2.91 bits per heavy atom. The quantitative estimate of drug-likeness (QED) is 0.390. The van der Waals surface area contributed by atoms with Crippen molar-refractivity contribution in [1.82, 2.24) is 24.8 Å².